The molecule has 0 bridgehead atoms. The molecule has 0 aliphatic carbocycles. The molecule has 1 heterocycles. The van der Waals surface area contributed by atoms with Gasteiger partial charge in [-0.15, -0.1) is 0 Å². The van der Waals surface area contributed by atoms with Gasteiger partial charge in [0.15, 0.2) is 0 Å². The summed E-state index contributed by atoms with van der Waals surface area (Å²) in [7, 11) is 1.38. The molecule has 20 heavy (non-hydrogen) atoms. The van der Waals surface area contributed by atoms with E-state index in [1.165, 1.54) is 7.11 Å². The van der Waals surface area contributed by atoms with Gasteiger partial charge in [0.05, 0.1) is 24.0 Å². The van der Waals surface area contributed by atoms with Crippen LogP contribution >= 0.6 is 11.8 Å². The smallest absolute Gasteiger partial charge is 0.337 e. The average Bonchev–Trinajstić information content (AvgIpc) is 2.59. The monoisotopic (exact) mass is 294 g/mol. The van der Waals surface area contributed by atoms with E-state index < -0.39 is 0 Å². The zero-order chi connectivity index (χ0) is 14.8. The van der Waals surface area contributed by atoms with Crippen molar-refractivity contribution in [2.75, 3.05) is 36.6 Å². The first-order valence-electron chi connectivity index (χ1n) is 6.80. The van der Waals surface area contributed by atoms with E-state index in [0.717, 1.165) is 31.0 Å². The van der Waals surface area contributed by atoms with Crippen LogP contribution in [0.25, 0.3) is 0 Å². The number of ether oxygens (including phenoxy) is 1. The largest absolute Gasteiger partial charge is 0.465 e. The predicted octanol–water partition coefficient (Wildman–Crippen LogP) is 2.78. The molecule has 0 unspecified atom stereocenters. The Morgan fingerprint density at radius 1 is 1.40 bits per heavy atom. The van der Waals surface area contributed by atoms with Crippen molar-refractivity contribution < 1.29 is 9.53 Å². The summed E-state index contributed by atoms with van der Waals surface area (Å²) >= 11 is 2.00. The molecule has 0 atom stereocenters. The van der Waals surface area contributed by atoms with Crippen molar-refractivity contribution >= 4 is 29.1 Å². The number of carbonyl (C=O) groups excluding carboxylic acids is 1. The number of benzene rings is 1. The van der Waals surface area contributed by atoms with Gasteiger partial charge in [-0.2, -0.15) is 11.8 Å². The molecule has 1 fully saturated rings. The number of esters is 1. The van der Waals surface area contributed by atoms with Gasteiger partial charge >= 0.3 is 5.97 Å². The van der Waals surface area contributed by atoms with Gasteiger partial charge in [-0.25, -0.2) is 4.79 Å². The first kappa shape index (κ1) is 15.0. The number of thioether (sulfide) groups is 1. The summed E-state index contributed by atoms with van der Waals surface area (Å²) in [4.78, 5) is 13.8. The summed E-state index contributed by atoms with van der Waals surface area (Å²) in [6.45, 7) is 6.54. The minimum Gasteiger partial charge on any atom is -0.465 e. The fourth-order valence-electron chi connectivity index (χ4n) is 2.35. The number of anilines is 2. The minimum atomic E-state index is -0.351. The third kappa shape index (κ3) is 3.39. The summed E-state index contributed by atoms with van der Waals surface area (Å²) < 4.78 is 5.03. The number of nitrogen functional groups attached to an aromatic ring is 1. The molecule has 4 nitrogen and oxygen atoms in total. The van der Waals surface area contributed by atoms with Gasteiger partial charge in [-0.05, 0) is 24.6 Å². The maximum absolute atomic E-state index is 11.5. The molecule has 110 valence electrons. The summed E-state index contributed by atoms with van der Waals surface area (Å²) in [5, 5.41) is 0. The number of hydrogen-bond donors (Lipinski definition) is 1. The highest BCUT2D eigenvalue weighted by Crippen LogP contribution is 2.34. The van der Waals surface area contributed by atoms with Crippen molar-refractivity contribution in [1.82, 2.24) is 0 Å². The number of nitrogens with two attached hydrogens (primary N) is 1. The van der Waals surface area contributed by atoms with Gasteiger partial charge in [0.1, 0.15) is 0 Å². The molecule has 0 spiro atoms. The van der Waals surface area contributed by atoms with Crippen molar-refractivity contribution in [2.45, 2.75) is 25.0 Å². The van der Waals surface area contributed by atoms with E-state index in [2.05, 4.69) is 18.7 Å². The van der Waals surface area contributed by atoms with Crippen LogP contribution in [0.1, 0.15) is 30.6 Å². The zero-order valence-electron chi connectivity index (χ0n) is 12.3. The van der Waals surface area contributed by atoms with Crippen LogP contribution in [0.15, 0.2) is 18.2 Å². The van der Waals surface area contributed by atoms with E-state index in [4.69, 9.17) is 10.5 Å². The van der Waals surface area contributed by atoms with Gasteiger partial charge < -0.3 is 15.4 Å². The van der Waals surface area contributed by atoms with E-state index >= 15 is 0 Å². The molecule has 0 saturated carbocycles. The fourth-order valence-corrected chi connectivity index (χ4v) is 3.45. The topological polar surface area (TPSA) is 55.6 Å². The Labute approximate surface area is 124 Å². The maximum Gasteiger partial charge on any atom is 0.337 e. The van der Waals surface area contributed by atoms with Crippen LogP contribution in [-0.2, 0) is 4.74 Å². The van der Waals surface area contributed by atoms with Crippen LogP contribution < -0.4 is 10.6 Å². The number of carbonyl (C=O) groups is 1. The molecule has 2 rings (SSSR count). The molecule has 1 aromatic rings. The van der Waals surface area contributed by atoms with E-state index in [0.29, 0.717) is 16.0 Å². The molecule has 1 saturated heterocycles. The van der Waals surface area contributed by atoms with Gasteiger partial charge in [-0.3, -0.25) is 0 Å². The van der Waals surface area contributed by atoms with Crippen LogP contribution in [0.4, 0.5) is 11.4 Å². The zero-order valence-corrected chi connectivity index (χ0v) is 13.1. The minimum absolute atomic E-state index is 0.315. The first-order chi connectivity index (χ1) is 9.43. The van der Waals surface area contributed by atoms with Crippen molar-refractivity contribution in [3.05, 3.63) is 23.8 Å². The Kier molecular flexibility index (Phi) is 4.48. The molecule has 0 amide bonds. The molecule has 1 aromatic carbocycles. The molecule has 5 heteroatoms. The maximum atomic E-state index is 11.5. The highest BCUT2D eigenvalue weighted by atomic mass is 32.2. The summed E-state index contributed by atoms with van der Waals surface area (Å²) in [5.41, 5.74) is 8.25. The lowest BCUT2D eigenvalue weighted by Crippen LogP contribution is -2.27. The van der Waals surface area contributed by atoms with E-state index in [1.54, 1.807) is 12.1 Å². The van der Waals surface area contributed by atoms with Crippen LogP contribution in [0.2, 0.25) is 0 Å². The lowest BCUT2D eigenvalue weighted by Gasteiger charge is -2.25. The molecule has 2 N–H and O–H groups in total. The third-order valence-electron chi connectivity index (χ3n) is 3.63. The number of rotatable bonds is 2. The normalized spacial score (nSPS) is 18.4. The van der Waals surface area contributed by atoms with E-state index in [9.17, 15) is 4.79 Å². The third-order valence-corrected chi connectivity index (χ3v) is 5.00. The average molecular weight is 294 g/mol. The second-order valence-corrected chi connectivity index (χ2v) is 7.41. The number of nitrogens with zero attached hydrogens (tertiary/aromatic N) is 1. The molecule has 0 radical (unpaired) electrons. The van der Waals surface area contributed by atoms with Crippen molar-refractivity contribution in [1.29, 1.82) is 0 Å². The van der Waals surface area contributed by atoms with Crippen molar-refractivity contribution in [2.24, 2.45) is 0 Å². The van der Waals surface area contributed by atoms with Crippen LogP contribution in [0.5, 0.6) is 0 Å². The lowest BCUT2D eigenvalue weighted by atomic mass is 10.1. The van der Waals surface area contributed by atoms with E-state index in [-0.39, 0.29) is 5.97 Å². The second kappa shape index (κ2) is 5.95. The van der Waals surface area contributed by atoms with Gasteiger partial charge in [0, 0.05) is 23.6 Å². The highest BCUT2D eigenvalue weighted by molar-refractivity contribution is 8.00. The molecule has 1 aliphatic heterocycles. The highest BCUT2D eigenvalue weighted by Gasteiger charge is 2.24. The summed E-state index contributed by atoms with van der Waals surface area (Å²) in [5.74, 6) is 0.737. The number of methoxy groups -OCH3 is 1. The fraction of sp³-hybridized carbons (Fsp3) is 0.533. The SMILES string of the molecule is COC(=O)c1ccc(N2CCSC(C)(C)CC2)c(N)c1. The number of hydrogen-bond acceptors (Lipinski definition) is 5. The first-order valence-corrected chi connectivity index (χ1v) is 7.78. The van der Waals surface area contributed by atoms with Crippen LogP contribution in [0.3, 0.4) is 0 Å². The van der Waals surface area contributed by atoms with Crippen molar-refractivity contribution in [3.8, 4) is 0 Å². The van der Waals surface area contributed by atoms with E-state index in [1.807, 2.05) is 17.8 Å². The summed E-state index contributed by atoms with van der Waals surface area (Å²) in [6.07, 6.45) is 1.12. The molecular formula is C15H22N2O2S. The van der Waals surface area contributed by atoms with Gasteiger partial charge in [0.2, 0.25) is 0 Å². The molecule has 1 aliphatic rings. The Balaban J connectivity index is 2.18. The Bertz CT molecular complexity index is 503. The standard InChI is InChI=1S/C15H22N2O2S/c1-15(2)6-7-17(8-9-20-15)13-5-4-11(10-12(13)16)14(18)19-3/h4-5,10H,6-9,16H2,1-3H3. The quantitative estimate of drug-likeness (QED) is 0.671. The predicted molar refractivity (Wildman–Crippen MR) is 85.6 cm³/mol. The van der Waals surface area contributed by atoms with Gasteiger partial charge in [0.25, 0.3) is 0 Å². The lowest BCUT2D eigenvalue weighted by molar-refractivity contribution is 0.0601. The van der Waals surface area contributed by atoms with Crippen LogP contribution in [-0.4, -0.2) is 36.7 Å². The second-order valence-electron chi connectivity index (χ2n) is 5.61. The summed E-state index contributed by atoms with van der Waals surface area (Å²) in [6, 6.07) is 5.40. The Morgan fingerprint density at radius 2 is 2.15 bits per heavy atom. The molecular weight excluding hydrogens is 272 g/mol. The van der Waals surface area contributed by atoms with Gasteiger partial charge in [-0.1, -0.05) is 13.8 Å². The van der Waals surface area contributed by atoms with Crippen LogP contribution in [0, 0.1) is 0 Å². The van der Waals surface area contributed by atoms with Crippen molar-refractivity contribution in [3.63, 3.8) is 0 Å². The Morgan fingerprint density at radius 3 is 2.80 bits per heavy atom. The molecule has 0 aromatic heterocycles. The Hall–Kier alpha value is -1.36.